The number of furan rings is 1. The monoisotopic (exact) mass is 451 g/mol. The average molecular weight is 452 g/mol. The number of anilines is 3. The van der Waals surface area contributed by atoms with Gasteiger partial charge >= 0.3 is 0 Å². The van der Waals surface area contributed by atoms with Crippen LogP contribution >= 0.6 is 11.7 Å². The Balaban J connectivity index is 1.84. The molecule has 0 saturated heterocycles. The summed E-state index contributed by atoms with van der Waals surface area (Å²) in [5, 5.41) is 16.7. The number of rotatable bonds is 9. The van der Waals surface area contributed by atoms with Crippen molar-refractivity contribution in [2.24, 2.45) is 0 Å². The largest absolute Gasteiger partial charge is 0.504 e. The molecule has 9 nitrogen and oxygen atoms in total. The van der Waals surface area contributed by atoms with Gasteiger partial charge < -0.3 is 20.2 Å². The maximum absolute atomic E-state index is 12.1. The molecule has 0 fully saturated rings. The summed E-state index contributed by atoms with van der Waals surface area (Å²) in [6.07, 6.45) is 2.51. The fourth-order valence-corrected chi connectivity index (χ4v) is 4.15. The molecule has 4 N–H and O–H groups in total. The molecule has 1 aromatic carbocycles. The van der Waals surface area contributed by atoms with Gasteiger partial charge in [0.25, 0.3) is 0 Å². The summed E-state index contributed by atoms with van der Waals surface area (Å²) >= 11 is 0.995. The molecule has 0 aliphatic heterocycles. The van der Waals surface area contributed by atoms with Crippen molar-refractivity contribution in [2.75, 3.05) is 17.7 Å². The highest BCUT2D eigenvalue weighted by Gasteiger charge is 2.22. The summed E-state index contributed by atoms with van der Waals surface area (Å²) < 4.78 is 40.6. The first-order valence-electron chi connectivity index (χ1n) is 9.46. The van der Waals surface area contributed by atoms with Crippen LogP contribution in [0.5, 0.6) is 5.75 Å². The van der Waals surface area contributed by atoms with Crippen molar-refractivity contribution in [3.63, 3.8) is 0 Å². The molecule has 2 heterocycles. The van der Waals surface area contributed by atoms with Gasteiger partial charge in [0.2, 0.25) is 10.0 Å². The van der Waals surface area contributed by atoms with Crippen LogP contribution in [0.1, 0.15) is 50.5 Å². The molecule has 0 aliphatic carbocycles. The van der Waals surface area contributed by atoms with E-state index in [0.29, 0.717) is 17.6 Å². The minimum Gasteiger partial charge on any atom is -0.504 e. The summed E-state index contributed by atoms with van der Waals surface area (Å²) in [5.41, 5.74) is 1.32. The number of aromatic hydroxyl groups is 1. The average Bonchev–Trinajstić information content (AvgIpc) is 3.37. The van der Waals surface area contributed by atoms with Crippen molar-refractivity contribution in [3.05, 3.63) is 41.9 Å². The second-order valence-corrected chi connectivity index (χ2v) is 9.37. The second-order valence-electron chi connectivity index (χ2n) is 6.99. The number of phenols is 1. The van der Waals surface area contributed by atoms with Crippen molar-refractivity contribution >= 4 is 39.1 Å². The van der Waals surface area contributed by atoms with Gasteiger partial charge in [0.05, 0.1) is 29.7 Å². The topological polar surface area (TPSA) is 129 Å². The maximum atomic E-state index is 12.1. The number of nitrogens with zero attached hydrogens (tertiary/aromatic N) is 2. The van der Waals surface area contributed by atoms with Crippen LogP contribution in [-0.4, -0.2) is 29.3 Å². The minimum absolute atomic E-state index is 0.119. The maximum Gasteiger partial charge on any atom is 0.244 e. The van der Waals surface area contributed by atoms with Gasteiger partial charge in [-0.2, -0.15) is 8.75 Å². The van der Waals surface area contributed by atoms with Crippen LogP contribution in [0, 0.1) is 0 Å². The van der Waals surface area contributed by atoms with Crippen LogP contribution in [-0.2, 0) is 10.0 Å². The van der Waals surface area contributed by atoms with Gasteiger partial charge in [-0.05, 0) is 43.1 Å². The molecular weight excluding hydrogens is 426 g/mol. The lowest BCUT2D eigenvalue weighted by Gasteiger charge is -2.16. The van der Waals surface area contributed by atoms with E-state index >= 15 is 0 Å². The quantitative estimate of drug-likeness (QED) is 0.357. The third-order valence-electron chi connectivity index (χ3n) is 4.67. The predicted octanol–water partition coefficient (Wildman–Crippen LogP) is 4.18. The lowest BCUT2D eigenvalue weighted by atomic mass is 10.1. The first kappa shape index (κ1) is 22.1. The van der Waals surface area contributed by atoms with Gasteiger partial charge in [-0.1, -0.05) is 26.8 Å². The van der Waals surface area contributed by atoms with Crippen molar-refractivity contribution in [2.45, 2.75) is 44.0 Å². The normalized spacial score (nSPS) is 12.8. The van der Waals surface area contributed by atoms with E-state index in [0.717, 1.165) is 29.5 Å². The Hall–Kier alpha value is -2.63. The molecule has 1 atom stereocenters. The highest BCUT2D eigenvalue weighted by atomic mass is 32.2. The molecule has 0 unspecified atom stereocenters. The van der Waals surface area contributed by atoms with Gasteiger partial charge in [-0.15, -0.1) is 0 Å². The summed E-state index contributed by atoms with van der Waals surface area (Å²) in [6, 6.07) is 6.32. The van der Waals surface area contributed by atoms with E-state index in [1.165, 1.54) is 19.2 Å². The molecule has 11 heteroatoms. The number of benzene rings is 1. The summed E-state index contributed by atoms with van der Waals surface area (Å²) in [6.45, 7) is 6.23. The molecule has 0 spiro atoms. The third-order valence-corrected chi connectivity index (χ3v) is 6.64. The second kappa shape index (κ2) is 9.02. The molecule has 30 heavy (non-hydrogen) atoms. The molecule has 3 aromatic rings. The van der Waals surface area contributed by atoms with E-state index in [2.05, 4.69) is 38.0 Å². The van der Waals surface area contributed by atoms with E-state index in [4.69, 9.17) is 4.42 Å². The standard InChI is InChI=1S/C19H25N5O4S2/c1-5-13(15-9-12(10-28-15)11(2)3)21-18-19(24-29-23-18)22-14-7-6-8-16(17(14)25)30(26,27)20-4/h6-11,13,20,25H,5H2,1-4H3,(H,21,23)(H,22,24)/t13-/m1/s1. The zero-order valence-electron chi connectivity index (χ0n) is 17.1. The SMILES string of the molecule is CC[C@@H](Nc1nsnc1Nc1cccc(S(=O)(=O)NC)c1O)c1cc(C(C)C)co1. The van der Waals surface area contributed by atoms with Gasteiger partial charge in [-0.25, -0.2) is 13.1 Å². The Morgan fingerprint density at radius 1 is 1.23 bits per heavy atom. The zero-order valence-corrected chi connectivity index (χ0v) is 18.8. The highest BCUT2D eigenvalue weighted by Crippen LogP contribution is 2.35. The fraction of sp³-hybridized carbons (Fsp3) is 0.368. The first-order chi connectivity index (χ1) is 14.3. The predicted molar refractivity (Wildman–Crippen MR) is 117 cm³/mol. The summed E-state index contributed by atoms with van der Waals surface area (Å²) in [4.78, 5) is -0.226. The Labute approximate surface area is 179 Å². The summed E-state index contributed by atoms with van der Waals surface area (Å²) in [7, 11) is -2.52. The van der Waals surface area contributed by atoms with E-state index in [1.807, 2.05) is 13.0 Å². The summed E-state index contributed by atoms with van der Waals surface area (Å²) in [5.74, 6) is 1.62. The first-order valence-corrected chi connectivity index (χ1v) is 11.7. The number of aromatic nitrogens is 2. The van der Waals surface area contributed by atoms with Crippen LogP contribution in [0.25, 0.3) is 0 Å². The van der Waals surface area contributed by atoms with Crippen LogP contribution in [0.4, 0.5) is 17.3 Å². The Kier molecular flexibility index (Phi) is 6.64. The molecule has 3 rings (SSSR count). The van der Waals surface area contributed by atoms with E-state index in [1.54, 1.807) is 12.3 Å². The van der Waals surface area contributed by atoms with Gasteiger partial charge in [0, 0.05) is 0 Å². The smallest absolute Gasteiger partial charge is 0.244 e. The number of hydrogen-bond acceptors (Lipinski definition) is 9. The van der Waals surface area contributed by atoms with Crippen molar-refractivity contribution in [1.29, 1.82) is 0 Å². The lowest BCUT2D eigenvalue weighted by Crippen LogP contribution is -2.18. The van der Waals surface area contributed by atoms with Crippen LogP contribution < -0.4 is 15.4 Å². The lowest BCUT2D eigenvalue weighted by molar-refractivity contribution is 0.460. The van der Waals surface area contributed by atoms with Crippen LogP contribution in [0.3, 0.4) is 0 Å². The number of para-hydroxylation sites is 1. The minimum atomic E-state index is -3.81. The van der Waals surface area contributed by atoms with E-state index < -0.39 is 15.8 Å². The van der Waals surface area contributed by atoms with Gasteiger partial charge in [0.1, 0.15) is 10.7 Å². The molecule has 0 amide bonds. The Morgan fingerprint density at radius 3 is 2.60 bits per heavy atom. The number of nitrogens with one attached hydrogen (secondary N) is 3. The van der Waals surface area contributed by atoms with Crippen molar-refractivity contribution in [1.82, 2.24) is 13.5 Å². The highest BCUT2D eigenvalue weighted by molar-refractivity contribution is 7.89. The number of phenolic OH excluding ortho intramolecular Hbond substituents is 1. The number of sulfonamides is 1. The Morgan fingerprint density at radius 2 is 1.97 bits per heavy atom. The van der Waals surface area contributed by atoms with Crippen molar-refractivity contribution in [3.8, 4) is 5.75 Å². The molecule has 0 aliphatic rings. The number of hydrogen-bond donors (Lipinski definition) is 4. The molecule has 0 radical (unpaired) electrons. The van der Waals surface area contributed by atoms with Crippen LogP contribution in [0.2, 0.25) is 0 Å². The molecule has 0 bridgehead atoms. The van der Waals surface area contributed by atoms with Gasteiger partial charge in [-0.3, -0.25) is 0 Å². The van der Waals surface area contributed by atoms with Gasteiger partial charge in [0.15, 0.2) is 17.4 Å². The van der Waals surface area contributed by atoms with Crippen molar-refractivity contribution < 1.29 is 17.9 Å². The molecule has 0 saturated carbocycles. The van der Waals surface area contributed by atoms with E-state index in [-0.39, 0.29) is 16.6 Å². The molecule has 2 aromatic heterocycles. The van der Waals surface area contributed by atoms with Crippen LogP contribution in [0.15, 0.2) is 39.8 Å². The third kappa shape index (κ3) is 4.58. The molecular formula is C19H25N5O4S2. The molecule has 162 valence electrons. The van der Waals surface area contributed by atoms with E-state index in [9.17, 15) is 13.5 Å². The Bertz CT molecular complexity index is 1110. The fourth-order valence-electron chi connectivity index (χ4n) is 2.84. The zero-order chi connectivity index (χ0) is 21.9.